The number of rotatable bonds is 6. The molecule has 29 heavy (non-hydrogen) atoms. The van der Waals surface area contributed by atoms with Crippen LogP contribution in [0.3, 0.4) is 0 Å². The van der Waals surface area contributed by atoms with E-state index < -0.39 is 5.97 Å². The van der Waals surface area contributed by atoms with E-state index in [1.54, 1.807) is 37.3 Å². The van der Waals surface area contributed by atoms with Crippen LogP contribution in [0.5, 0.6) is 0 Å². The van der Waals surface area contributed by atoms with Gasteiger partial charge < -0.3 is 15.4 Å². The van der Waals surface area contributed by atoms with E-state index in [1.807, 2.05) is 31.2 Å². The number of aryl methyl sites for hydroxylation is 2. The highest BCUT2D eigenvalue weighted by Gasteiger charge is 2.12. The van der Waals surface area contributed by atoms with Crippen molar-refractivity contribution in [2.45, 2.75) is 20.4 Å². The highest BCUT2D eigenvalue weighted by molar-refractivity contribution is 5.93. The van der Waals surface area contributed by atoms with Crippen molar-refractivity contribution in [2.75, 3.05) is 12.4 Å². The molecular weight excluding hydrogens is 368 g/mol. The Morgan fingerprint density at radius 2 is 1.79 bits per heavy atom. The zero-order chi connectivity index (χ0) is 20.8. The van der Waals surface area contributed by atoms with Gasteiger partial charge >= 0.3 is 5.97 Å². The van der Waals surface area contributed by atoms with E-state index in [9.17, 15) is 9.59 Å². The average molecular weight is 390 g/mol. The van der Waals surface area contributed by atoms with Gasteiger partial charge in [0.25, 0.3) is 5.91 Å². The maximum atomic E-state index is 12.6. The molecule has 2 N–H and O–H groups in total. The average Bonchev–Trinajstić information content (AvgIpc) is 2.71. The van der Waals surface area contributed by atoms with Gasteiger partial charge in [-0.3, -0.25) is 4.79 Å². The van der Waals surface area contributed by atoms with Crippen LogP contribution in [0.15, 0.2) is 54.6 Å². The Labute approximate surface area is 169 Å². The number of benzene rings is 2. The molecule has 0 spiro atoms. The van der Waals surface area contributed by atoms with Gasteiger partial charge in [0.2, 0.25) is 5.95 Å². The van der Waals surface area contributed by atoms with Gasteiger partial charge in [-0.25, -0.2) is 14.8 Å². The molecule has 3 aromatic rings. The quantitative estimate of drug-likeness (QED) is 0.625. The molecule has 148 valence electrons. The van der Waals surface area contributed by atoms with Gasteiger partial charge in [-0.1, -0.05) is 35.9 Å². The summed E-state index contributed by atoms with van der Waals surface area (Å²) >= 11 is 0. The largest absolute Gasteiger partial charge is 0.465 e. The van der Waals surface area contributed by atoms with E-state index in [-0.39, 0.29) is 17.5 Å². The Balaban J connectivity index is 1.74. The van der Waals surface area contributed by atoms with Gasteiger partial charge in [0.15, 0.2) is 0 Å². The molecule has 0 aliphatic rings. The van der Waals surface area contributed by atoms with Crippen molar-refractivity contribution < 1.29 is 14.3 Å². The van der Waals surface area contributed by atoms with Gasteiger partial charge in [0, 0.05) is 17.9 Å². The van der Waals surface area contributed by atoms with E-state index in [0.29, 0.717) is 23.5 Å². The highest BCUT2D eigenvalue weighted by Crippen LogP contribution is 2.16. The minimum atomic E-state index is -0.435. The minimum absolute atomic E-state index is 0.261. The Morgan fingerprint density at radius 3 is 2.55 bits per heavy atom. The number of nitrogens with one attached hydrogen (secondary N) is 2. The summed E-state index contributed by atoms with van der Waals surface area (Å²) in [6.07, 6.45) is 0. The number of esters is 1. The predicted octanol–water partition coefficient (Wildman–Crippen LogP) is 3.55. The monoisotopic (exact) mass is 390 g/mol. The van der Waals surface area contributed by atoms with Crippen LogP contribution in [-0.4, -0.2) is 29.0 Å². The lowest BCUT2D eigenvalue weighted by Crippen LogP contribution is -2.24. The molecular formula is C22H22N4O3. The van der Waals surface area contributed by atoms with Gasteiger partial charge in [-0.15, -0.1) is 0 Å². The molecule has 7 heteroatoms. The van der Waals surface area contributed by atoms with E-state index in [1.165, 1.54) is 7.11 Å². The zero-order valence-corrected chi connectivity index (χ0v) is 16.5. The molecule has 0 saturated heterocycles. The number of hydrogen-bond donors (Lipinski definition) is 2. The van der Waals surface area contributed by atoms with Crippen molar-refractivity contribution in [3.05, 3.63) is 82.7 Å². The minimum Gasteiger partial charge on any atom is -0.465 e. The third kappa shape index (κ3) is 5.38. The van der Waals surface area contributed by atoms with Crippen LogP contribution in [0.2, 0.25) is 0 Å². The maximum absolute atomic E-state index is 12.6. The molecule has 1 aromatic heterocycles. The third-order valence-corrected chi connectivity index (χ3v) is 4.16. The Morgan fingerprint density at radius 1 is 1.00 bits per heavy atom. The highest BCUT2D eigenvalue weighted by atomic mass is 16.5. The van der Waals surface area contributed by atoms with Crippen LogP contribution in [0, 0.1) is 13.8 Å². The number of hydrogen-bond acceptors (Lipinski definition) is 6. The van der Waals surface area contributed by atoms with Crippen LogP contribution >= 0.6 is 0 Å². The van der Waals surface area contributed by atoms with Gasteiger partial charge in [0.05, 0.1) is 12.7 Å². The van der Waals surface area contributed by atoms with Crippen LogP contribution in [0.25, 0.3) is 0 Å². The lowest BCUT2D eigenvalue weighted by Gasteiger charge is -2.10. The van der Waals surface area contributed by atoms with Crippen molar-refractivity contribution in [3.8, 4) is 0 Å². The number of methoxy groups -OCH3 is 1. The molecule has 0 bridgehead atoms. The number of amides is 1. The molecule has 0 aliphatic carbocycles. The lowest BCUT2D eigenvalue weighted by molar-refractivity contribution is 0.0600. The Hall–Kier alpha value is -3.74. The summed E-state index contributed by atoms with van der Waals surface area (Å²) in [6.45, 7) is 4.20. The van der Waals surface area contributed by atoms with Crippen molar-refractivity contribution in [3.63, 3.8) is 0 Å². The molecule has 1 heterocycles. The number of aromatic nitrogens is 2. The SMILES string of the molecule is COC(=O)c1cccc(Nc2nc(C)cc(C(=O)NCc3cccc(C)c3)n2)c1. The number of nitrogens with zero attached hydrogens (tertiary/aromatic N) is 2. The molecule has 7 nitrogen and oxygen atoms in total. The molecule has 2 aromatic carbocycles. The first-order valence-electron chi connectivity index (χ1n) is 9.09. The van der Waals surface area contributed by atoms with Gasteiger partial charge in [-0.05, 0) is 43.7 Å². The first-order valence-corrected chi connectivity index (χ1v) is 9.09. The topological polar surface area (TPSA) is 93.2 Å². The fraction of sp³-hybridized carbons (Fsp3) is 0.182. The van der Waals surface area contributed by atoms with Crippen molar-refractivity contribution >= 4 is 23.5 Å². The number of anilines is 2. The van der Waals surface area contributed by atoms with E-state index in [4.69, 9.17) is 4.74 Å². The molecule has 3 rings (SSSR count). The molecule has 0 atom stereocenters. The molecule has 0 aliphatic heterocycles. The Kier molecular flexibility index (Phi) is 6.19. The standard InChI is InChI=1S/C22H22N4O3/c1-14-6-4-7-16(10-14)13-23-20(27)19-11-15(2)24-22(26-19)25-18-9-5-8-17(12-18)21(28)29-3/h4-12H,13H2,1-3H3,(H,23,27)(H,24,25,26). The molecule has 1 amide bonds. The zero-order valence-electron chi connectivity index (χ0n) is 16.5. The molecule has 0 unspecified atom stereocenters. The summed E-state index contributed by atoms with van der Waals surface area (Å²) in [6, 6.07) is 16.3. The second-order valence-corrected chi connectivity index (χ2v) is 6.59. The second-order valence-electron chi connectivity index (χ2n) is 6.59. The normalized spacial score (nSPS) is 10.3. The number of ether oxygens (including phenoxy) is 1. The van der Waals surface area contributed by atoms with E-state index >= 15 is 0 Å². The number of carbonyl (C=O) groups is 2. The van der Waals surface area contributed by atoms with Crippen LogP contribution in [0.1, 0.15) is 37.7 Å². The third-order valence-electron chi connectivity index (χ3n) is 4.16. The smallest absolute Gasteiger partial charge is 0.337 e. The lowest BCUT2D eigenvalue weighted by atomic mass is 10.1. The summed E-state index contributed by atoms with van der Waals surface area (Å²) in [5.74, 6) is -0.453. The summed E-state index contributed by atoms with van der Waals surface area (Å²) in [5.41, 5.74) is 4.08. The summed E-state index contributed by atoms with van der Waals surface area (Å²) < 4.78 is 4.73. The van der Waals surface area contributed by atoms with Crippen LogP contribution < -0.4 is 10.6 Å². The fourth-order valence-electron chi connectivity index (χ4n) is 2.81. The summed E-state index contributed by atoms with van der Waals surface area (Å²) in [7, 11) is 1.33. The predicted molar refractivity (Wildman–Crippen MR) is 110 cm³/mol. The number of carbonyl (C=O) groups excluding carboxylic acids is 2. The van der Waals surface area contributed by atoms with Crippen molar-refractivity contribution in [2.24, 2.45) is 0 Å². The first-order chi connectivity index (χ1) is 13.9. The first kappa shape index (κ1) is 20.0. The van der Waals surface area contributed by atoms with Crippen LogP contribution in [0.4, 0.5) is 11.6 Å². The van der Waals surface area contributed by atoms with E-state index in [0.717, 1.165) is 11.1 Å². The van der Waals surface area contributed by atoms with Crippen LogP contribution in [-0.2, 0) is 11.3 Å². The van der Waals surface area contributed by atoms with Crippen molar-refractivity contribution in [1.82, 2.24) is 15.3 Å². The fourth-order valence-corrected chi connectivity index (χ4v) is 2.81. The summed E-state index contributed by atoms with van der Waals surface area (Å²) in [4.78, 5) is 32.9. The molecule has 0 radical (unpaired) electrons. The summed E-state index contributed by atoms with van der Waals surface area (Å²) in [5, 5.41) is 5.90. The van der Waals surface area contributed by atoms with Gasteiger partial charge in [0.1, 0.15) is 5.69 Å². The maximum Gasteiger partial charge on any atom is 0.337 e. The molecule has 0 fully saturated rings. The van der Waals surface area contributed by atoms with Gasteiger partial charge in [-0.2, -0.15) is 0 Å². The second kappa shape index (κ2) is 8.97. The van der Waals surface area contributed by atoms with E-state index in [2.05, 4.69) is 20.6 Å². The Bertz CT molecular complexity index is 1050. The molecule has 0 saturated carbocycles. The van der Waals surface area contributed by atoms with Crippen molar-refractivity contribution in [1.29, 1.82) is 0 Å².